The molecule has 2 aromatic rings. The Morgan fingerprint density at radius 3 is 1.43 bits per heavy atom. The predicted octanol–water partition coefficient (Wildman–Crippen LogP) is 3.65. The van der Waals surface area contributed by atoms with E-state index in [9.17, 15) is 9.59 Å². The van der Waals surface area contributed by atoms with E-state index in [0.717, 1.165) is 11.1 Å². The van der Waals surface area contributed by atoms with Crippen LogP contribution in [0.5, 0.6) is 0 Å². The second-order valence-electron chi connectivity index (χ2n) is 6.02. The molecule has 0 aliphatic rings. The van der Waals surface area contributed by atoms with E-state index < -0.39 is 11.9 Å². The largest absolute Gasteiger partial charge is 0.466 e. The average molecular weight is 408 g/mol. The molecule has 0 heterocycles. The Hall–Kier alpha value is -3.94. The predicted molar refractivity (Wildman–Crippen MR) is 111 cm³/mol. The first kappa shape index (κ1) is 22.4. The van der Waals surface area contributed by atoms with Gasteiger partial charge in [-0.2, -0.15) is 0 Å². The zero-order chi connectivity index (χ0) is 21.6. The van der Waals surface area contributed by atoms with E-state index in [1.165, 1.54) is 48.8 Å². The molecule has 156 valence electrons. The first-order valence-electron chi connectivity index (χ1n) is 9.15. The molecule has 0 amide bonds. The molecule has 0 saturated heterocycles. The van der Waals surface area contributed by atoms with Crippen molar-refractivity contribution in [3.8, 4) is 0 Å². The summed E-state index contributed by atoms with van der Waals surface area (Å²) in [6.45, 7) is 0.773. The van der Waals surface area contributed by atoms with Crippen LogP contribution in [0.25, 0.3) is 0 Å². The normalized spacial score (nSPS) is 11.1. The number of hydrogen-bond donors (Lipinski definition) is 0. The lowest BCUT2D eigenvalue weighted by atomic mass is 10.2. The molecular weight excluding hydrogens is 384 g/mol. The van der Waals surface area contributed by atoms with Gasteiger partial charge in [-0.05, 0) is 21.6 Å². The van der Waals surface area contributed by atoms with Crippen LogP contribution in [-0.2, 0) is 32.2 Å². The summed E-state index contributed by atoms with van der Waals surface area (Å²) in [4.78, 5) is 23.0. The molecule has 0 saturated carbocycles. The zero-order valence-electron chi connectivity index (χ0n) is 16.9. The van der Waals surface area contributed by atoms with Gasteiger partial charge in [0, 0.05) is 24.6 Å². The van der Waals surface area contributed by atoms with Gasteiger partial charge in [0.1, 0.15) is 0 Å². The molecule has 0 N–H and O–H groups in total. The first-order valence-corrected chi connectivity index (χ1v) is 9.15. The number of carbonyl (C=O) groups excluding carboxylic acids is 2. The number of rotatable bonds is 10. The minimum absolute atomic E-state index is 0.387. The Morgan fingerprint density at radius 1 is 0.733 bits per heavy atom. The summed E-state index contributed by atoms with van der Waals surface area (Å²) >= 11 is 0. The average Bonchev–Trinajstić information content (AvgIpc) is 2.79. The van der Waals surface area contributed by atoms with E-state index in [0.29, 0.717) is 13.1 Å². The third kappa shape index (κ3) is 8.39. The fraction of sp³-hybridized carbons (Fsp3) is 0.182. The standard InChI is InChI=1S/C22H24N4O4/c1-29-21(27)13-15-25(17-19-9-5-3-6-10-19)23-24-26(16-14-22(28)30-2)18-20-11-7-4-8-12-20/h3-16H,17-18H2,1-2H3/b15-13-,16-14+,24-23+. The summed E-state index contributed by atoms with van der Waals surface area (Å²) in [6.07, 6.45) is 5.47. The smallest absolute Gasteiger partial charge is 0.332 e. The molecule has 0 radical (unpaired) electrons. The Kier molecular flexibility index (Phi) is 9.32. The van der Waals surface area contributed by atoms with Gasteiger partial charge in [0.15, 0.2) is 0 Å². The highest BCUT2D eigenvalue weighted by molar-refractivity contribution is 5.81. The van der Waals surface area contributed by atoms with Gasteiger partial charge in [0.25, 0.3) is 0 Å². The van der Waals surface area contributed by atoms with Crippen molar-refractivity contribution in [3.05, 3.63) is 96.3 Å². The van der Waals surface area contributed by atoms with Gasteiger partial charge in [-0.25, -0.2) is 19.6 Å². The summed E-state index contributed by atoms with van der Waals surface area (Å²) < 4.78 is 9.27. The monoisotopic (exact) mass is 408 g/mol. The van der Waals surface area contributed by atoms with E-state index in [1.807, 2.05) is 60.7 Å². The Balaban J connectivity index is 2.21. The highest BCUT2D eigenvalue weighted by Gasteiger charge is 2.05. The van der Waals surface area contributed by atoms with Crippen molar-refractivity contribution in [2.45, 2.75) is 13.1 Å². The van der Waals surface area contributed by atoms with Crippen LogP contribution in [0.15, 0.2) is 95.7 Å². The van der Waals surface area contributed by atoms with Gasteiger partial charge in [-0.1, -0.05) is 60.7 Å². The lowest BCUT2D eigenvalue weighted by molar-refractivity contribution is -0.135. The summed E-state index contributed by atoms with van der Waals surface area (Å²) in [6, 6.07) is 19.2. The molecule has 0 spiro atoms. The third-order valence-corrected chi connectivity index (χ3v) is 3.81. The number of esters is 2. The quantitative estimate of drug-likeness (QED) is 0.258. The summed E-state index contributed by atoms with van der Waals surface area (Å²) in [5.74, 6) is -1.01. The fourth-order valence-corrected chi connectivity index (χ4v) is 2.30. The van der Waals surface area contributed by atoms with Gasteiger partial charge in [0.05, 0.1) is 27.3 Å². The first-order chi connectivity index (χ1) is 14.6. The molecule has 0 aromatic heterocycles. The van der Waals surface area contributed by atoms with Crippen molar-refractivity contribution in [2.75, 3.05) is 14.2 Å². The summed E-state index contributed by atoms with van der Waals surface area (Å²) in [5.41, 5.74) is 1.95. The second kappa shape index (κ2) is 12.5. The van der Waals surface area contributed by atoms with Crippen LogP contribution in [0.3, 0.4) is 0 Å². The van der Waals surface area contributed by atoms with Gasteiger partial charge < -0.3 is 9.47 Å². The van der Waals surface area contributed by atoms with E-state index in [2.05, 4.69) is 19.9 Å². The maximum Gasteiger partial charge on any atom is 0.332 e. The second-order valence-corrected chi connectivity index (χ2v) is 6.02. The molecule has 0 atom stereocenters. The molecule has 2 aromatic carbocycles. The topological polar surface area (TPSA) is 83.8 Å². The fourth-order valence-electron chi connectivity index (χ4n) is 2.30. The molecule has 8 nitrogen and oxygen atoms in total. The molecular formula is C22H24N4O4. The van der Waals surface area contributed by atoms with Gasteiger partial charge in [-0.15, -0.1) is 0 Å². The van der Waals surface area contributed by atoms with Gasteiger partial charge in [-0.3, -0.25) is 0 Å². The van der Waals surface area contributed by atoms with Crippen molar-refractivity contribution in [1.29, 1.82) is 0 Å². The van der Waals surface area contributed by atoms with Crippen molar-refractivity contribution in [2.24, 2.45) is 10.4 Å². The van der Waals surface area contributed by atoms with E-state index in [1.54, 1.807) is 0 Å². The molecule has 30 heavy (non-hydrogen) atoms. The molecule has 0 unspecified atom stereocenters. The number of methoxy groups -OCH3 is 2. The molecule has 0 bridgehead atoms. The zero-order valence-corrected chi connectivity index (χ0v) is 16.9. The molecule has 0 aliphatic heterocycles. The highest BCUT2D eigenvalue weighted by atomic mass is 16.5. The van der Waals surface area contributed by atoms with Crippen LogP contribution < -0.4 is 0 Å². The Labute approximate surface area is 175 Å². The molecule has 8 heteroatoms. The Morgan fingerprint density at radius 2 is 1.10 bits per heavy atom. The summed E-state index contributed by atoms with van der Waals surface area (Å²) in [7, 11) is 2.60. The van der Waals surface area contributed by atoms with Crippen LogP contribution in [0.4, 0.5) is 0 Å². The van der Waals surface area contributed by atoms with Crippen LogP contribution >= 0.6 is 0 Å². The molecule has 2 rings (SSSR count). The minimum Gasteiger partial charge on any atom is -0.466 e. The maximum atomic E-state index is 11.5. The van der Waals surface area contributed by atoms with Gasteiger partial charge in [0.2, 0.25) is 0 Å². The molecule has 0 fully saturated rings. The molecule has 0 aliphatic carbocycles. The number of nitrogens with zero attached hydrogens (tertiary/aromatic N) is 4. The van der Waals surface area contributed by atoms with Crippen LogP contribution in [0.2, 0.25) is 0 Å². The van der Waals surface area contributed by atoms with Crippen molar-refractivity contribution < 1.29 is 19.1 Å². The van der Waals surface area contributed by atoms with Crippen molar-refractivity contribution >= 4 is 11.9 Å². The Bertz CT molecular complexity index is 809. The number of benzene rings is 2. The lowest BCUT2D eigenvalue weighted by Crippen LogP contribution is -2.14. The number of hydrogen-bond acceptors (Lipinski definition) is 6. The number of ether oxygens (including phenoxy) is 2. The third-order valence-electron chi connectivity index (χ3n) is 3.81. The minimum atomic E-state index is -0.505. The van der Waals surface area contributed by atoms with E-state index >= 15 is 0 Å². The maximum absolute atomic E-state index is 11.5. The van der Waals surface area contributed by atoms with Crippen molar-refractivity contribution in [1.82, 2.24) is 10.0 Å². The SMILES string of the molecule is COC(=O)/C=C\N(Cc1ccccc1)/N=N/N(/C=C/C(=O)OC)Cc1ccccc1. The number of carbonyl (C=O) groups is 2. The highest BCUT2D eigenvalue weighted by Crippen LogP contribution is 2.10. The van der Waals surface area contributed by atoms with E-state index in [4.69, 9.17) is 0 Å². The lowest BCUT2D eigenvalue weighted by Gasteiger charge is -2.16. The van der Waals surface area contributed by atoms with E-state index in [-0.39, 0.29) is 0 Å². The van der Waals surface area contributed by atoms with Crippen LogP contribution in [0.1, 0.15) is 11.1 Å². The van der Waals surface area contributed by atoms with Crippen molar-refractivity contribution in [3.63, 3.8) is 0 Å². The van der Waals surface area contributed by atoms with Crippen LogP contribution in [0, 0.1) is 0 Å². The summed E-state index contributed by atoms with van der Waals surface area (Å²) in [5, 5.41) is 11.4. The van der Waals surface area contributed by atoms with Crippen LogP contribution in [-0.4, -0.2) is 36.2 Å². The van der Waals surface area contributed by atoms with Gasteiger partial charge >= 0.3 is 11.9 Å².